The average Bonchev–Trinajstić information content (AvgIpc) is 3.01. The van der Waals surface area contributed by atoms with E-state index in [9.17, 15) is 43.2 Å². The summed E-state index contributed by atoms with van der Waals surface area (Å²) in [5.41, 5.74) is -3.35. The van der Waals surface area contributed by atoms with E-state index in [-0.39, 0.29) is 39.1 Å². The first kappa shape index (κ1) is 37.5. The first-order valence-electron chi connectivity index (χ1n) is 13.2. The number of esters is 6. The molecule has 1 heterocycles. The van der Waals surface area contributed by atoms with E-state index in [4.69, 9.17) is 14.2 Å². The van der Waals surface area contributed by atoms with Crippen LogP contribution in [0.2, 0.25) is 0 Å². The van der Waals surface area contributed by atoms with Crippen LogP contribution >= 0.6 is 0 Å². The molecule has 0 saturated heterocycles. The first-order valence-corrected chi connectivity index (χ1v) is 13.2. The van der Waals surface area contributed by atoms with Gasteiger partial charge in [0, 0.05) is 18.2 Å². The van der Waals surface area contributed by atoms with Gasteiger partial charge in [-0.05, 0) is 0 Å². The molecule has 18 nitrogen and oxygen atoms in total. The molecule has 0 radical (unpaired) electrons. The minimum Gasteiger partial charge on any atom is -0.464 e. The maximum Gasteiger partial charge on any atom is 0.336 e. The molecule has 246 valence electrons. The Bertz CT molecular complexity index is 1250. The zero-order chi connectivity index (χ0) is 33.8. The molecule has 1 aromatic heterocycles. The third kappa shape index (κ3) is 14.0. The molecule has 0 fully saturated rings. The molecular formula is C27H33N3O15. The molecule has 0 spiro atoms. The van der Waals surface area contributed by atoms with E-state index in [1.807, 2.05) is 0 Å². The SMILES string of the molecule is C=CC(=O)OCCC(=O)OCCn1c(=O)n(CCOC(=O)CCOC(=O)C=C)c(=O)n(CCOC(=O)CCOC(=O)C=C)c1=O. The number of carbonyl (C=O) groups excluding carboxylic acids is 6. The second kappa shape index (κ2) is 20.4. The fraction of sp³-hybridized carbons (Fsp3) is 0.444. The second-order valence-electron chi connectivity index (χ2n) is 8.33. The van der Waals surface area contributed by atoms with Crippen LogP contribution in [-0.2, 0) is 76.8 Å². The minimum absolute atomic E-state index is 0.299. The van der Waals surface area contributed by atoms with Gasteiger partial charge < -0.3 is 28.4 Å². The number of hydrogen-bond acceptors (Lipinski definition) is 15. The first-order chi connectivity index (χ1) is 21.4. The van der Waals surface area contributed by atoms with Crippen molar-refractivity contribution in [3.63, 3.8) is 0 Å². The summed E-state index contributed by atoms with van der Waals surface area (Å²) in [6.45, 7) is 5.76. The van der Waals surface area contributed by atoms with Crippen LogP contribution in [0.5, 0.6) is 0 Å². The van der Waals surface area contributed by atoms with Crippen molar-refractivity contribution in [3.05, 3.63) is 69.4 Å². The molecule has 0 atom stereocenters. The van der Waals surface area contributed by atoms with Gasteiger partial charge >= 0.3 is 52.9 Å². The van der Waals surface area contributed by atoms with Crippen LogP contribution in [0.4, 0.5) is 0 Å². The van der Waals surface area contributed by atoms with Gasteiger partial charge in [-0.1, -0.05) is 19.7 Å². The Hall–Kier alpha value is -5.55. The molecular weight excluding hydrogens is 606 g/mol. The average molecular weight is 640 g/mol. The van der Waals surface area contributed by atoms with Crippen LogP contribution in [-0.4, -0.2) is 89.2 Å². The molecule has 1 rings (SSSR count). The van der Waals surface area contributed by atoms with E-state index in [1.54, 1.807) is 0 Å². The highest BCUT2D eigenvalue weighted by atomic mass is 16.6. The molecule has 1 aromatic rings. The molecule has 0 aliphatic heterocycles. The van der Waals surface area contributed by atoms with Crippen molar-refractivity contribution < 1.29 is 57.2 Å². The van der Waals surface area contributed by atoms with E-state index < -0.39 is 92.3 Å². The van der Waals surface area contributed by atoms with E-state index in [1.165, 1.54) is 0 Å². The van der Waals surface area contributed by atoms with Crippen molar-refractivity contribution in [2.24, 2.45) is 0 Å². The number of carbonyl (C=O) groups is 6. The van der Waals surface area contributed by atoms with Crippen LogP contribution in [0.25, 0.3) is 0 Å². The van der Waals surface area contributed by atoms with Crippen molar-refractivity contribution in [1.29, 1.82) is 0 Å². The quantitative estimate of drug-likeness (QED) is 0.0818. The Morgan fingerprint density at radius 1 is 0.444 bits per heavy atom. The molecule has 0 amide bonds. The summed E-state index contributed by atoms with van der Waals surface area (Å²) in [6.07, 6.45) is 1.74. The zero-order valence-corrected chi connectivity index (χ0v) is 24.3. The Balaban J connectivity index is 3.00. The molecule has 45 heavy (non-hydrogen) atoms. The molecule has 0 unspecified atom stereocenters. The van der Waals surface area contributed by atoms with Gasteiger partial charge in [0.1, 0.15) is 39.6 Å². The highest BCUT2D eigenvalue weighted by Crippen LogP contribution is 1.94. The summed E-state index contributed by atoms with van der Waals surface area (Å²) in [5.74, 6) is -4.69. The summed E-state index contributed by atoms with van der Waals surface area (Å²) < 4.78 is 30.6. The zero-order valence-electron chi connectivity index (χ0n) is 24.3. The van der Waals surface area contributed by atoms with E-state index in [0.29, 0.717) is 13.7 Å². The van der Waals surface area contributed by atoms with E-state index in [0.717, 1.165) is 18.2 Å². The topological polar surface area (TPSA) is 224 Å². The summed E-state index contributed by atoms with van der Waals surface area (Å²) in [6, 6.07) is 0. The van der Waals surface area contributed by atoms with Gasteiger partial charge in [-0.2, -0.15) is 0 Å². The van der Waals surface area contributed by atoms with E-state index >= 15 is 0 Å². The van der Waals surface area contributed by atoms with Gasteiger partial charge in [-0.15, -0.1) is 0 Å². The van der Waals surface area contributed by atoms with Gasteiger partial charge in [0.2, 0.25) is 0 Å². The molecule has 0 aliphatic rings. The maximum absolute atomic E-state index is 13.0. The summed E-state index contributed by atoms with van der Waals surface area (Å²) in [5, 5.41) is 0. The van der Waals surface area contributed by atoms with Gasteiger partial charge in [0.15, 0.2) is 0 Å². The van der Waals surface area contributed by atoms with Crippen molar-refractivity contribution in [2.75, 3.05) is 39.6 Å². The van der Waals surface area contributed by atoms with Crippen LogP contribution in [0, 0.1) is 0 Å². The molecule has 0 N–H and O–H groups in total. The number of ether oxygens (including phenoxy) is 6. The Morgan fingerprint density at radius 3 is 0.911 bits per heavy atom. The minimum atomic E-state index is -1.12. The van der Waals surface area contributed by atoms with Crippen LogP contribution in [0.15, 0.2) is 52.3 Å². The van der Waals surface area contributed by atoms with Crippen molar-refractivity contribution in [2.45, 2.75) is 38.9 Å². The van der Waals surface area contributed by atoms with Crippen molar-refractivity contribution in [1.82, 2.24) is 13.7 Å². The van der Waals surface area contributed by atoms with E-state index in [2.05, 4.69) is 33.9 Å². The summed E-state index contributed by atoms with van der Waals surface area (Å²) in [4.78, 5) is 108. The molecule has 18 heteroatoms. The molecule has 0 aromatic carbocycles. The third-order valence-electron chi connectivity index (χ3n) is 5.27. The summed E-state index contributed by atoms with van der Waals surface area (Å²) in [7, 11) is 0. The standard InChI is InChI=1S/C27H33N3O15/c1-4-19(31)40-13-7-22(34)43-16-10-28-25(37)29(11-17-44-23(35)8-14-41-20(32)5-2)27(39)30(26(28)38)12-18-45-24(36)9-15-42-21(33)6-3/h4-6H,1-3,7-18H2. The molecule has 0 saturated carbocycles. The van der Waals surface area contributed by atoms with Crippen molar-refractivity contribution in [3.8, 4) is 0 Å². The van der Waals surface area contributed by atoms with Gasteiger partial charge in [-0.3, -0.25) is 14.4 Å². The Labute approximate surface area is 255 Å². The Kier molecular flexibility index (Phi) is 17.0. The molecule has 0 bridgehead atoms. The second-order valence-corrected chi connectivity index (χ2v) is 8.33. The predicted molar refractivity (Wildman–Crippen MR) is 149 cm³/mol. The maximum atomic E-state index is 13.0. The fourth-order valence-electron chi connectivity index (χ4n) is 3.11. The fourth-order valence-corrected chi connectivity index (χ4v) is 3.11. The number of hydrogen-bond donors (Lipinski definition) is 0. The highest BCUT2D eigenvalue weighted by molar-refractivity contribution is 5.82. The van der Waals surface area contributed by atoms with Gasteiger partial charge in [-0.25, -0.2) is 42.5 Å². The Morgan fingerprint density at radius 2 is 0.689 bits per heavy atom. The lowest BCUT2D eigenvalue weighted by Crippen LogP contribution is -2.55. The van der Waals surface area contributed by atoms with Crippen LogP contribution in [0.1, 0.15) is 19.3 Å². The van der Waals surface area contributed by atoms with Crippen LogP contribution in [0.3, 0.4) is 0 Å². The normalized spacial score (nSPS) is 10.1. The monoisotopic (exact) mass is 639 g/mol. The summed E-state index contributed by atoms with van der Waals surface area (Å²) >= 11 is 0. The number of aromatic nitrogens is 3. The smallest absolute Gasteiger partial charge is 0.336 e. The highest BCUT2D eigenvalue weighted by Gasteiger charge is 2.17. The number of rotatable bonds is 21. The lowest BCUT2D eigenvalue weighted by atomic mass is 10.4. The van der Waals surface area contributed by atoms with Gasteiger partial charge in [0.05, 0.1) is 38.9 Å². The lowest BCUT2D eigenvalue weighted by molar-refractivity contribution is -0.149. The predicted octanol–water partition coefficient (Wildman–Crippen LogP) is -1.84. The van der Waals surface area contributed by atoms with Crippen LogP contribution < -0.4 is 17.1 Å². The van der Waals surface area contributed by atoms with Crippen molar-refractivity contribution >= 4 is 35.8 Å². The lowest BCUT2D eigenvalue weighted by Gasteiger charge is -2.14. The van der Waals surface area contributed by atoms with Gasteiger partial charge in [0.25, 0.3) is 0 Å². The molecule has 0 aliphatic carbocycles. The third-order valence-corrected chi connectivity index (χ3v) is 5.27. The largest absolute Gasteiger partial charge is 0.464 e. The number of nitrogens with zero attached hydrogens (tertiary/aromatic N) is 3.